The molecule has 148 valence electrons. The molecule has 4 rings (SSSR count). The molecule has 0 saturated carbocycles. The number of nitrogens with zero attached hydrogens (tertiary/aromatic N) is 1. The second kappa shape index (κ2) is 8.47. The lowest BCUT2D eigenvalue weighted by Gasteiger charge is -2.32. The first-order chi connectivity index (χ1) is 13.7. The van der Waals surface area contributed by atoms with Crippen molar-refractivity contribution >= 4 is 21.6 Å². The van der Waals surface area contributed by atoms with Gasteiger partial charge in [0.1, 0.15) is 11.5 Å². The Balaban J connectivity index is 1.36. The van der Waals surface area contributed by atoms with Gasteiger partial charge in [0.05, 0.1) is 35.5 Å². The molecule has 2 aromatic carbocycles. The number of aliphatic hydroxyl groups excluding tert-OH is 1. The molecular formula is C22H26N2O3S. The van der Waals surface area contributed by atoms with E-state index in [4.69, 9.17) is 14.5 Å². The number of benzene rings is 2. The fourth-order valence-corrected chi connectivity index (χ4v) is 4.96. The summed E-state index contributed by atoms with van der Waals surface area (Å²) in [5.41, 5.74) is 3.27. The Kier molecular flexibility index (Phi) is 5.80. The van der Waals surface area contributed by atoms with Gasteiger partial charge in [0, 0.05) is 30.0 Å². The van der Waals surface area contributed by atoms with E-state index in [0.29, 0.717) is 6.42 Å². The lowest BCUT2D eigenvalue weighted by Crippen LogP contribution is -2.46. The average Bonchev–Trinajstić information content (AvgIpc) is 3.13. The van der Waals surface area contributed by atoms with Gasteiger partial charge in [-0.2, -0.15) is 0 Å². The number of fused-ring (bicyclic) bond motifs is 2. The second-order valence-electron chi connectivity index (χ2n) is 7.14. The van der Waals surface area contributed by atoms with E-state index in [1.165, 1.54) is 9.71 Å². The van der Waals surface area contributed by atoms with Gasteiger partial charge >= 0.3 is 0 Å². The molecule has 3 aromatic rings. The quantitative estimate of drug-likeness (QED) is 0.598. The molecule has 0 aliphatic heterocycles. The Bertz CT molecular complexity index is 923. The van der Waals surface area contributed by atoms with Gasteiger partial charge in [0.15, 0.2) is 0 Å². The lowest BCUT2D eigenvalue weighted by molar-refractivity contribution is 0.117. The van der Waals surface area contributed by atoms with Gasteiger partial charge in [-0.05, 0) is 43.7 Å². The molecule has 2 N–H and O–H groups in total. The molecule has 0 radical (unpaired) electrons. The lowest BCUT2D eigenvalue weighted by atomic mass is 9.85. The van der Waals surface area contributed by atoms with E-state index in [0.717, 1.165) is 53.9 Å². The van der Waals surface area contributed by atoms with Crippen molar-refractivity contribution in [1.29, 1.82) is 0 Å². The highest BCUT2D eigenvalue weighted by molar-refractivity contribution is 7.18. The Hall–Kier alpha value is -2.15. The van der Waals surface area contributed by atoms with Crippen LogP contribution >= 0.6 is 11.3 Å². The number of hydrogen-bond donors (Lipinski definition) is 2. The highest BCUT2D eigenvalue weighted by Crippen LogP contribution is 2.36. The molecule has 1 heterocycles. The van der Waals surface area contributed by atoms with Crippen LogP contribution in [0, 0.1) is 0 Å². The van der Waals surface area contributed by atoms with Crippen molar-refractivity contribution in [2.75, 3.05) is 20.8 Å². The first-order valence-electron chi connectivity index (χ1n) is 9.68. The summed E-state index contributed by atoms with van der Waals surface area (Å²) in [4.78, 5) is 4.69. The maximum absolute atomic E-state index is 10.6. The van der Waals surface area contributed by atoms with Crippen molar-refractivity contribution in [2.24, 2.45) is 0 Å². The third kappa shape index (κ3) is 3.85. The van der Waals surface area contributed by atoms with Crippen LogP contribution in [0.5, 0.6) is 11.5 Å². The van der Waals surface area contributed by atoms with Gasteiger partial charge in [-0.25, -0.2) is 4.98 Å². The zero-order valence-corrected chi connectivity index (χ0v) is 17.1. The summed E-state index contributed by atoms with van der Waals surface area (Å²) in [5, 5.41) is 15.3. The van der Waals surface area contributed by atoms with Crippen LogP contribution in [-0.2, 0) is 19.3 Å². The summed E-state index contributed by atoms with van der Waals surface area (Å²) in [7, 11) is 3.36. The number of aryl methyl sites for hydroxylation is 1. The van der Waals surface area contributed by atoms with Gasteiger partial charge < -0.3 is 19.9 Å². The zero-order chi connectivity index (χ0) is 19.5. The molecule has 0 amide bonds. The Morgan fingerprint density at radius 3 is 2.50 bits per heavy atom. The second-order valence-corrected chi connectivity index (χ2v) is 8.26. The zero-order valence-electron chi connectivity index (χ0n) is 16.3. The van der Waals surface area contributed by atoms with E-state index in [2.05, 4.69) is 23.5 Å². The van der Waals surface area contributed by atoms with Crippen LogP contribution < -0.4 is 14.8 Å². The highest BCUT2D eigenvalue weighted by atomic mass is 32.1. The number of methoxy groups -OCH3 is 2. The molecule has 28 heavy (non-hydrogen) atoms. The molecule has 1 aliphatic carbocycles. The average molecular weight is 399 g/mol. The van der Waals surface area contributed by atoms with E-state index in [1.807, 2.05) is 18.2 Å². The largest absolute Gasteiger partial charge is 0.496 e. The minimum atomic E-state index is -0.434. The standard InChI is InChI=1S/C22H26N2O3S/c1-26-19-9-10-20(27-2)15-13-18(25)17(12-14(15)19)23-11-5-8-22-24-16-6-3-4-7-21(16)28-22/h3-4,6-7,9-10,17-18,23,25H,5,8,11-13H2,1-2H3/t17-,18-/m0/s1. The van der Waals surface area contributed by atoms with Gasteiger partial charge in [0.25, 0.3) is 0 Å². The number of rotatable bonds is 7. The van der Waals surface area contributed by atoms with E-state index in [1.54, 1.807) is 25.6 Å². The Morgan fingerprint density at radius 2 is 1.79 bits per heavy atom. The fraction of sp³-hybridized carbons (Fsp3) is 0.409. The van der Waals surface area contributed by atoms with Crippen LogP contribution in [0.25, 0.3) is 10.2 Å². The fourth-order valence-electron chi connectivity index (χ4n) is 3.95. The van der Waals surface area contributed by atoms with Crippen molar-refractivity contribution in [3.05, 3.63) is 52.5 Å². The molecule has 0 spiro atoms. The molecule has 2 atom stereocenters. The van der Waals surface area contributed by atoms with Gasteiger partial charge in [-0.15, -0.1) is 11.3 Å². The number of thiazole rings is 1. The first kappa shape index (κ1) is 19.2. The van der Waals surface area contributed by atoms with Crippen LogP contribution in [-0.4, -0.2) is 43.0 Å². The number of para-hydroxylation sites is 1. The molecule has 1 aliphatic rings. The van der Waals surface area contributed by atoms with E-state index >= 15 is 0 Å². The molecule has 6 heteroatoms. The summed E-state index contributed by atoms with van der Waals surface area (Å²) >= 11 is 1.76. The molecule has 5 nitrogen and oxygen atoms in total. The molecule has 1 aromatic heterocycles. The van der Waals surface area contributed by atoms with Crippen LogP contribution in [0.3, 0.4) is 0 Å². The normalized spacial score (nSPS) is 18.8. The molecular weight excluding hydrogens is 372 g/mol. The maximum Gasteiger partial charge on any atom is 0.122 e. The number of aromatic nitrogens is 1. The predicted octanol–water partition coefficient (Wildman–Crippen LogP) is 3.36. The van der Waals surface area contributed by atoms with E-state index in [9.17, 15) is 5.11 Å². The summed E-state index contributed by atoms with van der Waals surface area (Å²) in [6.07, 6.45) is 2.81. The molecule has 0 saturated heterocycles. The van der Waals surface area contributed by atoms with Crippen molar-refractivity contribution in [3.63, 3.8) is 0 Å². The molecule has 0 bridgehead atoms. The van der Waals surface area contributed by atoms with Gasteiger partial charge in [-0.1, -0.05) is 12.1 Å². The number of ether oxygens (including phenoxy) is 2. The predicted molar refractivity (Wildman–Crippen MR) is 113 cm³/mol. The number of aliphatic hydroxyl groups is 1. The number of hydrogen-bond acceptors (Lipinski definition) is 6. The van der Waals surface area contributed by atoms with Crippen LogP contribution in [0.1, 0.15) is 22.6 Å². The van der Waals surface area contributed by atoms with Crippen molar-refractivity contribution in [3.8, 4) is 11.5 Å². The van der Waals surface area contributed by atoms with Crippen molar-refractivity contribution in [2.45, 2.75) is 37.8 Å². The summed E-state index contributed by atoms with van der Waals surface area (Å²) in [6, 6.07) is 12.1. The summed E-state index contributed by atoms with van der Waals surface area (Å²) < 4.78 is 12.3. The summed E-state index contributed by atoms with van der Waals surface area (Å²) in [6.45, 7) is 0.846. The maximum atomic E-state index is 10.6. The van der Waals surface area contributed by atoms with E-state index in [-0.39, 0.29) is 6.04 Å². The summed E-state index contributed by atoms with van der Waals surface area (Å²) in [5.74, 6) is 1.69. The van der Waals surface area contributed by atoms with Gasteiger partial charge in [-0.3, -0.25) is 0 Å². The first-order valence-corrected chi connectivity index (χ1v) is 10.5. The minimum Gasteiger partial charge on any atom is -0.496 e. The SMILES string of the molecule is COc1ccc(OC)c2c1C[C@H](NCCCc1nc3ccccc3s1)[C@@H](O)C2. The molecule has 0 fully saturated rings. The Morgan fingerprint density at radius 1 is 1.07 bits per heavy atom. The van der Waals surface area contributed by atoms with Crippen molar-refractivity contribution < 1.29 is 14.6 Å². The van der Waals surface area contributed by atoms with Crippen LogP contribution in [0.2, 0.25) is 0 Å². The van der Waals surface area contributed by atoms with Crippen LogP contribution in [0.4, 0.5) is 0 Å². The third-order valence-electron chi connectivity index (χ3n) is 5.40. The van der Waals surface area contributed by atoms with Gasteiger partial charge in [0.2, 0.25) is 0 Å². The number of nitrogens with one attached hydrogen (secondary N) is 1. The van der Waals surface area contributed by atoms with Crippen molar-refractivity contribution in [1.82, 2.24) is 10.3 Å². The smallest absolute Gasteiger partial charge is 0.122 e. The third-order valence-corrected chi connectivity index (χ3v) is 6.50. The molecule has 0 unspecified atom stereocenters. The highest BCUT2D eigenvalue weighted by Gasteiger charge is 2.30. The Labute approximate surface area is 169 Å². The monoisotopic (exact) mass is 398 g/mol. The van der Waals surface area contributed by atoms with Crippen LogP contribution in [0.15, 0.2) is 36.4 Å². The van der Waals surface area contributed by atoms with E-state index < -0.39 is 6.10 Å². The topological polar surface area (TPSA) is 63.6 Å². The minimum absolute atomic E-state index is 0.0175.